The van der Waals surface area contributed by atoms with Crippen LogP contribution in [0.15, 0.2) is 88.3 Å². The number of hydrogen-bond acceptors (Lipinski definition) is 5. The van der Waals surface area contributed by atoms with E-state index in [1.807, 2.05) is 72.8 Å². The van der Waals surface area contributed by atoms with E-state index in [9.17, 15) is 10.2 Å². The van der Waals surface area contributed by atoms with Gasteiger partial charge in [0.2, 0.25) is 0 Å². The molecule has 0 radical (unpaired) electrons. The number of hydrogen-bond donors (Lipinski definition) is 2. The van der Waals surface area contributed by atoms with Crippen LogP contribution in [0.5, 0.6) is 11.5 Å². The van der Waals surface area contributed by atoms with Crippen molar-refractivity contribution >= 4 is 61.0 Å². The van der Waals surface area contributed by atoms with Gasteiger partial charge >= 0.3 is 0 Å². The average molecular weight is 550 g/mol. The Labute approximate surface area is 214 Å². The summed E-state index contributed by atoms with van der Waals surface area (Å²) in [6, 6.07) is 24.5. The number of aromatic nitrogens is 1. The van der Waals surface area contributed by atoms with Gasteiger partial charge in [-0.25, -0.2) is 4.98 Å². The third-order valence-corrected chi connectivity index (χ3v) is 7.41. The van der Waals surface area contributed by atoms with Gasteiger partial charge < -0.3 is 10.2 Å². The van der Waals surface area contributed by atoms with Gasteiger partial charge in [0.15, 0.2) is 0 Å². The van der Waals surface area contributed by atoms with Gasteiger partial charge in [-0.2, -0.15) is 0 Å². The molecule has 4 aromatic carbocycles. The molecule has 0 bridgehead atoms. The molecule has 0 saturated heterocycles. The second-order valence-corrected chi connectivity index (χ2v) is 10.0. The highest BCUT2D eigenvalue weighted by atomic mass is 79.9. The predicted molar refractivity (Wildman–Crippen MR) is 144 cm³/mol. The van der Waals surface area contributed by atoms with E-state index >= 15 is 0 Å². The molecule has 0 aliphatic heterocycles. The average Bonchev–Trinajstić information content (AvgIpc) is 3.26. The zero-order valence-electron chi connectivity index (χ0n) is 17.7. The number of halogens is 2. The first-order chi connectivity index (χ1) is 16.5. The van der Waals surface area contributed by atoms with Gasteiger partial charge in [-0.05, 0) is 75.9 Å². The van der Waals surface area contributed by atoms with Crippen LogP contribution < -0.4 is 0 Å². The van der Waals surface area contributed by atoms with Crippen molar-refractivity contribution in [2.75, 3.05) is 0 Å². The first-order valence-corrected chi connectivity index (χ1v) is 12.4. The predicted octanol–water partition coefficient (Wildman–Crippen LogP) is 8.13. The highest BCUT2D eigenvalue weighted by Gasteiger charge is 2.12. The molecule has 7 heteroatoms. The highest BCUT2D eigenvalue weighted by molar-refractivity contribution is 9.10. The molecule has 168 valence electrons. The van der Waals surface area contributed by atoms with Crippen molar-refractivity contribution in [3.05, 3.63) is 105 Å². The van der Waals surface area contributed by atoms with Crippen LogP contribution in [0.4, 0.5) is 5.69 Å². The third kappa shape index (κ3) is 4.71. The van der Waals surface area contributed by atoms with E-state index in [4.69, 9.17) is 11.6 Å². The molecule has 0 fully saturated rings. The Morgan fingerprint density at radius 1 is 0.971 bits per heavy atom. The minimum atomic E-state index is 0.0991. The Hall–Kier alpha value is -3.19. The number of aromatic hydroxyl groups is 2. The molecule has 5 aromatic rings. The molecule has 0 saturated carbocycles. The fraction of sp³-hybridized carbons (Fsp3) is 0.0370. The molecule has 4 nitrogen and oxygen atoms in total. The van der Waals surface area contributed by atoms with E-state index < -0.39 is 0 Å². The minimum absolute atomic E-state index is 0.0991. The quantitative estimate of drug-likeness (QED) is 0.218. The van der Waals surface area contributed by atoms with E-state index in [-0.39, 0.29) is 11.5 Å². The summed E-state index contributed by atoms with van der Waals surface area (Å²) < 4.78 is 1.64. The maximum atomic E-state index is 10.6. The van der Waals surface area contributed by atoms with Gasteiger partial charge in [0.25, 0.3) is 0 Å². The Morgan fingerprint density at radius 2 is 1.76 bits per heavy atom. The lowest BCUT2D eigenvalue weighted by Crippen LogP contribution is -1.93. The van der Waals surface area contributed by atoms with Gasteiger partial charge in [0.1, 0.15) is 16.5 Å². The summed E-state index contributed by atoms with van der Waals surface area (Å²) in [7, 11) is 0. The summed E-state index contributed by atoms with van der Waals surface area (Å²) in [5, 5.41) is 22.6. The molecule has 1 heterocycles. The van der Waals surface area contributed by atoms with Crippen LogP contribution in [0, 0.1) is 0 Å². The fourth-order valence-electron chi connectivity index (χ4n) is 3.65. The number of fused-ring (bicyclic) bond motifs is 1. The van der Waals surface area contributed by atoms with Crippen molar-refractivity contribution in [1.29, 1.82) is 0 Å². The van der Waals surface area contributed by atoms with Crippen molar-refractivity contribution in [1.82, 2.24) is 4.98 Å². The number of benzene rings is 4. The number of aliphatic imine (C=N–C) groups is 1. The summed E-state index contributed by atoms with van der Waals surface area (Å²) in [5.41, 5.74) is 4.67. The van der Waals surface area contributed by atoms with Crippen LogP contribution in [0.2, 0.25) is 5.02 Å². The van der Waals surface area contributed by atoms with Gasteiger partial charge in [0.05, 0.1) is 25.9 Å². The van der Waals surface area contributed by atoms with E-state index in [0.717, 1.165) is 26.4 Å². The molecule has 0 aliphatic carbocycles. The summed E-state index contributed by atoms with van der Waals surface area (Å²) in [5.74, 6) is 0.202. The van der Waals surface area contributed by atoms with Crippen molar-refractivity contribution in [3.63, 3.8) is 0 Å². The fourth-order valence-corrected chi connectivity index (χ4v) is 5.38. The van der Waals surface area contributed by atoms with E-state index in [2.05, 4.69) is 25.9 Å². The van der Waals surface area contributed by atoms with Crippen LogP contribution in [-0.2, 0) is 6.42 Å². The number of para-hydroxylation sites is 1. The van der Waals surface area contributed by atoms with Crippen LogP contribution >= 0.6 is 38.9 Å². The van der Waals surface area contributed by atoms with Gasteiger partial charge in [0, 0.05) is 22.9 Å². The maximum absolute atomic E-state index is 10.6. The summed E-state index contributed by atoms with van der Waals surface area (Å²) >= 11 is 11.3. The Bertz CT molecular complexity index is 1510. The van der Waals surface area contributed by atoms with Gasteiger partial charge in [-0.15, -0.1) is 11.3 Å². The second-order valence-electron chi connectivity index (χ2n) is 7.73. The molecular weight excluding hydrogens is 532 g/mol. The Kier molecular flexibility index (Phi) is 6.37. The molecule has 0 aliphatic rings. The molecule has 0 amide bonds. The number of rotatable bonds is 5. The van der Waals surface area contributed by atoms with E-state index in [0.29, 0.717) is 32.7 Å². The highest BCUT2D eigenvalue weighted by Crippen LogP contribution is 2.37. The van der Waals surface area contributed by atoms with Crippen LogP contribution in [0.1, 0.15) is 16.7 Å². The molecule has 2 N–H and O–H groups in total. The topological polar surface area (TPSA) is 65.7 Å². The molecular formula is C27H18BrClN2O2S. The van der Waals surface area contributed by atoms with Crippen molar-refractivity contribution < 1.29 is 10.2 Å². The number of thiazole rings is 1. The largest absolute Gasteiger partial charge is 0.507 e. The number of phenols is 2. The normalized spacial score (nSPS) is 11.5. The lowest BCUT2D eigenvalue weighted by molar-refractivity contribution is 0.471. The standard InChI is InChI=1S/C27H18BrClN2O2S/c28-21-13-16(11-17-5-1-2-6-22(17)29)12-18(26(21)33)15-30-19-9-10-20(24(32)14-19)27-31-23-7-3-4-8-25(23)34-27/h1-10,12-15,32-33H,11H2. The van der Waals surface area contributed by atoms with Crippen molar-refractivity contribution in [2.45, 2.75) is 6.42 Å². The van der Waals surface area contributed by atoms with E-state index in [1.165, 1.54) is 11.3 Å². The monoisotopic (exact) mass is 548 g/mol. The van der Waals surface area contributed by atoms with Crippen LogP contribution in [0.25, 0.3) is 20.8 Å². The van der Waals surface area contributed by atoms with Crippen LogP contribution in [-0.4, -0.2) is 21.4 Å². The molecule has 0 spiro atoms. The third-order valence-electron chi connectivity index (χ3n) is 5.36. The zero-order chi connectivity index (χ0) is 23.7. The zero-order valence-corrected chi connectivity index (χ0v) is 20.9. The molecule has 34 heavy (non-hydrogen) atoms. The van der Waals surface area contributed by atoms with Gasteiger partial charge in [-0.3, -0.25) is 4.99 Å². The van der Waals surface area contributed by atoms with E-state index in [1.54, 1.807) is 12.3 Å². The maximum Gasteiger partial charge on any atom is 0.138 e. The first kappa shape index (κ1) is 22.6. The number of phenolic OH excluding ortho intramolecular Hbond substituents is 2. The Balaban J connectivity index is 1.42. The lowest BCUT2D eigenvalue weighted by Gasteiger charge is -2.09. The lowest BCUT2D eigenvalue weighted by atomic mass is 10.0. The minimum Gasteiger partial charge on any atom is -0.507 e. The van der Waals surface area contributed by atoms with Gasteiger partial charge in [-0.1, -0.05) is 41.9 Å². The molecule has 0 atom stereocenters. The Morgan fingerprint density at radius 3 is 2.56 bits per heavy atom. The summed E-state index contributed by atoms with van der Waals surface area (Å²) in [4.78, 5) is 9.08. The van der Waals surface area contributed by atoms with Crippen molar-refractivity contribution in [2.24, 2.45) is 4.99 Å². The van der Waals surface area contributed by atoms with Crippen LogP contribution in [0.3, 0.4) is 0 Å². The molecule has 5 rings (SSSR count). The summed E-state index contributed by atoms with van der Waals surface area (Å²) in [6.45, 7) is 0. The molecule has 1 aromatic heterocycles. The smallest absolute Gasteiger partial charge is 0.138 e. The second kappa shape index (κ2) is 9.58. The summed E-state index contributed by atoms with van der Waals surface area (Å²) in [6.07, 6.45) is 2.21. The van der Waals surface area contributed by atoms with Crippen molar-refractivity contribution in [3.8, 4) is 22.1 Å². The number of nitrogens with zero attached hydrogens (tertiary/aromatic N) is 2. The SMILES string of the molecule is Oc1cc(N=Cc2cc(Cc3ccccc3Cl)cc(Br)c2O)ccc1-c1nc2ccccc2s1. The molecule has 0 unspecified atom stereocenters. The first-order valence-electron chi connectivity index (χ1n) is 10.5.